The molecule has 2 aliphatic heterocycles. The summed E-state index contributed by atoms with van der Waals surface area (Å²) in [6.45, 7) is 0.259. The zero-order chi connectivity index (χ0) is 12.4. The van der Waals surface area contributed by atoms with E-state index in [2.05, 4.69) is 10.3 Å². The molecule has 0 radical (unpaired) electrons. The van der Waals surface area contributed by atoms with Crippen molar-refractivity contribution in [3.8, 4) is 0 Å². The molecule has 2 aromatic heterocycles. The first-order valence-electron chi connectivity index (χ1n) is 5.63. The second-order valence-electron chi connectivity index (χ2n) is 4.57. The Bertz CT molecular complexity index is 693. The van der Waals surface area contributed by atoms with Crippen LogP contribution in [0, 0.1) is 0 Å². The third-order valence-corrected chi connectivity index (χ3v) is 3.53. The number of aromatic nitrogens is 4. The molecule has 18 heavy (non-hydrogen) atoms. The molecule has 0 aromatic carbocycles. The van der Waals surface area contributed by atoms with Crippen molar-refractivity contribution in [2.24, 2.45) is 0 Å². The van der Waals surface area contributed by atoms with E-state index in [1.54, 1.807) is 6.07 Å². The van der Waals surface area contributed by atoms with Gasteiger partial charge in [-0.15, -0.1) is 5.10 Å². The van der Waals surface area contributed by atoms with Gasteiger partial charge in [0.15, 0.2) is 11.9 Å². The van der Waals surface area contributed by atoms with E-state index < -0.39 is 24.5 Å². The van der Waals surface area contributed by atoms with Crippen molar-refractivity contribution in [2.45, 2.75) is 31.1 Å². The van der Waals surface area contributed by atoms with Gasteiger partial charge in [-0.05, 0) is 6.07 Å². The fraction of sp³-hybridized carbons (Fsp3) is 0.500. The molecule has 2 bridgehead atoms. The average Bonchev–Trinajstić information content (AvgIpc) is 2.80. The molecular formula is C10H10N4O4. The molecule has 2 N–H and O–H groups in total. The Morgan fingerprint density at radius 1 is 1.33 bits per heavy atom. The van der Waals surface area contributed by atoms with Crippen LogP contribution in [0.25, 0.3) is 11.2 Å². The maximum Gasteiger partial charge on any atom is 0.254 e. The summed E-state index contributed by atoms with van der Waals surface area (Å²) < 4.78 is 8.36. The summed E-state index contributed by atoms with van der Waals surface area (Å²) in [6.07, 6.45) is -3.63. The van der Waals surface area contributed by atoms with Crippen LogP contribution in [0.1, 0.15) is 6.23 Å². The maximum absolute atomic E-state index is 12.0. The lowest BCUT2D eigenvalue weighted by atomic mass is 10.1. The van der Waals surface area contributed by atoms with E-state index in [-0.39, 0.29) is 12.1 Å². The molecule has 0 saturated carbocycles. The fourth-order valence-corrected chi connectivity index (χ4v) is 2.64. The van der Waals surface area contributed by atoms with Gasteiger partial charge < -0.3 is 14.9 Å². The molecule has 8 heteroatoms. The Morgan fingerprint density at radius 2 is 2.17 bits per heavy atom. The van der Waals surface area contributed by atoms with Crippen molar-refractivity contribution in [3.05, 3.63) is 22.5 Å². The molecule has 1 saturated heterocycles. The van der Waals surface area contributed by atoms with Crippen molar-refractivity contribution in [1.82, 2.24) is 19.6 Å². The highest BCUT2D eigenvalue weighted by molar-refractivity contribution is 5.70. The molecular weight excluding hydrogens is 240 g/mol. The van der Waals surface area contributed by atoms with E-state index in [9.17, 15) is 15.0 Å². The van der Waals surface area contributed by atoms with Gasteiger partial charge in [-0.25, -0.2) is 4.68 Å². The zero-order valence-corrected chi connectivity index (χ0v) is 9.17. The van der Waals surface area contributed by atoms with Gasteiger partial charge in [-0.1, -0.05) is 5.21 Å². The molecule has 4 heterocycles. The van der Waals surface area contributed by atoms with Crippen LogP contribution in [-0.2, 0) is 11.3 Å². The van der Waals surface area contributed by atoms with Crippen LogP contribution in [0.15, 0.2) is 16.9 Å². The Labute approximate surface area is 100 Å². The zero-order valence-electron chi connectivity index (χ0n) is 9.17. The summed E-state index contributed by atoms with van der Waals surface area (Å²) in [4.78, 5) is 12.0. The highest BCUT2D eigenvalue weighted by Crippen LogP contribution is 2.33. The van der Waals surface area contributed by atoms with Gasteiger partial charge in [-0.3, -0.25) is 9.36 Å². The third kappa shape index (κ3) is 1.07. The lowest BCUT2D eigenvalue weighted by Gasteiger charge is -2.19. The molecule has 0 spiro atoms. The molecule has 0 amide bonds. The maximum atomic E-state index is 12.0. The highest BCUT2D eigenvalue weighted by atomic mass is 16.6. The van der Waals surface area contributed by atoms with Gasteiger partial charge in [0.1, 0.15) is 23.8 Å². The smallest absolute Gasteiger partial charge is 0.254 e. The summed E-state index contributed by atoms with van der Waals surface area (Å²) in [5, 5.41) is 27.7. The first-order chi connectivity index (χ1) is 8.66. The van der Waals surface area contributed by atoms with Crippen LogP contribution in [0.5, 0.6) is 0 Å². The van der Waals surface area contributed by atoms with Crippen molar-refractivity contribution in [2.75, 3.05) is 0 Å². The summed E-state index contributed by atoms with van der Waals surface area (Å²) in [7, 11) is 0. The quantitative estimate of drug-likeness (QED) is 0.573. The minimum atomic E-state index is -1.12. The fourth-order valence-electron chi connectivity index (χ4n) is 2.64. The molecule has 8 nitrogen and oxygen atoms in total. The summed E-state index contributed by atoms with van der Waals surface area (Å²) in [5.41, 5.74) is 0.762. The molecule has 0 aliphatic carbocycles. The van der Waals surface area contributed by atoms with Crippen molar-refractivity contribution in [3.63, 3.8) is 0 Å². The van der Waals surface area contributed by atoms with E-state index in [1.165, 1.54) is 15.3 Å². The molecule has 1 fully saturated rings. The minimum absolute atomic E-state index is 0.259. The van der Waals surface area contributed by atoms with Crippen LogP contribution in [0.3, 0.4) is 0 Å². The van der Waals surface area contributed by atoms with Crippen molar-refractivity contribution >= 4 is 11.2 Å². The van der Waals surface area contributed by atoms with Gasteiger partial charge in [0.25, 0.3) is 5.56 Å². The van der Waals surface area contributed by atoms with E-state index in [0.717, 1.165) is 0 Å². The molecule has 1 unspecified atom stereocenters. The minimum Gasteiger partial charge on any atom is -0.387 e. The average molecular weight is 250 g/mol. The number of aliphatic hydroxyl groups is 2. The summed E-state index contributed by atoms with van der Waals surface area (Å²) >= 11 is 0. The van der Waals surface area contributed by atoms with Gasteiger partial charge in [0.2, 0.25) is 0 Å². The third-order valence-electron chi connectivity index (χ3n) is 3.53. The number of nitrogens with zero attached hydrogens (tertiary/aromatic N) is 4. The standard InChI is InChI=1S/C10H10N4O4/c15-6-2-1-4-9-13(12-11-4)3-5-7(16)8(17)10(18-5)14(6)9/h1-2,5,7-8,10,16-17H,3H2/t5-,7+,8?,10-/m1/s1. The van der Waals surface area contributed by atoms with Crippen LogP contribution in [0.2, 0.25) is 0 Å². The second kappa shape index (κ2) is 3.16. The Morgan fingerprint density at radius 3 is 3.00 bits per heavy atom. The number of aliphatic hydroxyl groups excluding tert-OH is 2. The normalized spacial score (nSPS) is 33.9. The molecule has 4 atom stereocenters. The van der Waals surface area contributed by atoms with Crippen LogP contribution in [-0.4, -0.2) is 48.1 Å². The number of hydrogen-bond acceptors (Lipinski definition) is 6. The van der Waals surface area contributed by atoms with E-state index in [0.29, 0.717) is 11.2 Å². The van der Waals surface area contributed by atoms with Crippen molar-refractivity contribution < 1.29 is 14.9 Å². The van der Waals surface area contributed by atoms with E-state index in [4.69, 9.17) is 4.74 Å². The summed E-state index contributed by atoms with van der Waals surface area (Å²) in [5.74, 6) is 0. The largest absolute Gasteiger partial charge is 0.387 e. The second-order valence-corrected chi connectivity index (χ2v) is 4.57. The number of pyridine rings is 1. The Hall–Kier alpha value is -1.77. The van der Waals surface area contributed by atoms with Crippen molar-refractivity contribution in [1.29, 1.82) is 0 Å². The highest BCUT2D eigenvalue weighted by Gasteiger charge is 2.47. The lowest BCUT2D eigenvalue weighted by Crippen LogP contribution is -2.38. The van der Waals surface area contributed by atoms with Crippen LogP contribution < -0.4 is 5.56 Å². The first kappa shape index (κ1) is 10.2. The molecule has 4 rings (SSSR count). The van der Waals surface area contributed by atoms with E-state index >= 15 is 0 Å². The molecule has 2 aromatic rings. The monoisotopic (exact) mass is 250 g/mol. The predicted octanol–water partition coefficient (Wildman–Crippen LogP) is -1.77. The predicted molar refractivity (Wildman–Crippen MR) is 57.7 cm³/mol. The van der Waals surface area contributed by atoms with E-state index in [1.807, 2.05) is 0 Å². The Kier molecular flexibility index (Phi) is 1.79. The van der Waals surface area contributed by atoms with Crippen LogP contribution in [0.4, 0.5) is 0 Å². The summed E-state index contributed by atoms with van der Waals surface area (Å²) in [6, 6.07) is 2.93. The number of ether oxygens (including phenoxy) is 1. The van der Waals surface area contributed by atoms with Gasteiger partial charge in [-0.2, -0.15) is 0 Å². The topological polar surface area (TPSA) is 102 Å². The molecule has 94 valence electrons. The number of fused-ring (bicyclic) bond motifs is 3. The number of hydrogen-bond donors (Lipinski definition) is 2. The van der Waals surface area contributed by atoms with Crippen LogP contribution >= 0.6 is 0 Å². The SMILES string of the molecule is O=c1ccc2nnn3c2n1[C@@H]1O[C@H](C3)[C@H](O)C1O. The van der Waals surface area contributed by atoms with Gasteiger partial charge in [0, 0.05) is 6.07 Å². The lowest BCUT2D eigenvalue weighted by molar-refractivity contribution is -0.0351. The first-order valence-corrected chi connectivity index (χ1v) is 5.63. The number of rotatable bonds is 0. The molecule has 2 aliphatic rings. The van der Waals surface area contributed by atoms with Gasteiger partial charge in [0.05, 0.1) is 6.54 Å². The van der Waals surface area contributed by atoms with Gasteiger partial charge >= 0.3 is 0 Å². The Balaban J connectivity index is 2.10.